The molecular formula is C17H19ClN2O2. The predicted molar refractivity (Wildman–Crippen MR) is 87.3 cm³/mol. The summed E-state index contributed by atoms with van der Waals surface area (Å²) in [6.45, 7) is 0.663. The molecule has 0 aliphatic rings. The van der Waals surface area contributed by atoms with Gasteiger partial charge in [0.15, 0.2) is 0 Å². The highest BCUT2D eigenvalue weighted by Gasteiger charge is 2.12. The van der Waals surface area contributed by atoms with Crippen LogP contribution in [-0.4, -0.2) is 36.5 Å². The van der Waals surface area contributed by atoms with Crippen LogP contribution in [0, 0.1) is 0 Å². The van der Waals surface area contributed by atoms with Crippen LogP contribution in [0.15, 0.2) is 42.7 Å². The molecule has 2 aromatic rings. The lowest BCUT2D eigenvalue weighted by Crippen LogP contribution is -2.30. The number of carbonyl (C=O) groups is 1. The van der Waals surface area contributed by atoms with Gasteiger partial charge in [0, 0.05) is 31.0 Å². The third-order valence-electron chi connectivity index (χ3n) is 3.51. The molecule has 1 aromatic heterocycles. The first-order valence-electron chi connectivity index (χ1n) is 7.05. The third-order valence-corrected chi connectivity index (χ3v) is 3.86. The van der Waals surface area contributed by atoms with Crippen molar-refractivity contribution < 1.29 is 9.53 Å². The number of amides is 1. The second kappa shape index (κ2) is 7.80. The number of halogens is 1. The van der Waals surface area contributed by atoms with E-state index in [1.54, 1.807) is 37.5 Å². The van der Waals surface area contributed by atoms with E-state index in [1.165, 1.54) is 0 Å². The molecule has 0 bridgehead atoms. The van der Waals surface area contributed by atoms with Gasteiger partial charge in [-0.3, -0.25) is 9.78 Å². The van der Waals surface area contributed by atoms with Gasteiger partial charge in [-0.1, -0.05) is 17.7 Å². The van der Waals surface area contributed by atoms with Crippen LogP contribution in [0.1, 0.15) is 11.1 Å². The second-order valence-electron chi connectivity index (χ2n) is 5.05. The Kier molecular flexibility index (Phi) is 5.78. The van der Waals surface area contributed by atoms with E-state index in [-0.39, 0.29) is 12.3 Å². The molecule has 0 atom stereocenters. The molecule has 1 amide bonds. The Hall–Kier alpha value is -2.07. The summed E-state index contributed by atoms with van der Waals surface area (Å²) in [4.78, 5) is 18.0. The molecular weight excluding hydrogens is 300 g/mol. The van der Waals surface area contributed by atoms with Gasteiger partial charge in [-0.25, -0.2) is 0 Å². The predicted octanol–water partition coefficient (Wildman–Crippen LogP) is 2.99. The minimum absolute atomic E-state index is 0.0427. The van der Waals surface area contributed by atoms with Crippen LogP contribution >= 0.6 is 11.6 Å². The maximum atomic E-state index is 12.3. The molecule has 22 heavy (non-hydrogen) atoms. The topological polar surface area (TPSA) is 42.4 Å². The average molecular weight is 319 g/mol. The van der Waals surface area contributed by atoms with Crippen molar-refractivity contribution in [1.82, 2.24) is 9.88 Å². The van der Waals surface area contributed by atoms with Gasteiger partial charge in [-0.2, -0.15) is 0 Å². The Labute approximate surface area is 135 Å². The minimum Gasteiger partial charge on any atom is -0.497 e. The number of benzene rings is 1. The standard InChI is InChI=1S/C17H19ClN2O2/c1-20(10-7-13-5-8-19-9-6-13)17(21)11-14-3-4-15(22-2)12-16(14)18/h3-6,8-9,12H,7,10-11H2,1-2H3. The number of rotatable bonds is 6. The number of likely N-dealkylation sites (N-methyl/N-ethyl adjacent to an activating group) is 1. The van der Waals surface area contributed by atoms with Crippen molar-refractivity contribution >= 4 is 17.5 Å². The van der Waals surface area contributed by atoms with E-state index in [0.717, 1.165) is 17.5 Å². The van der Waals surface area contributed by atoms with Crippen molar-refractivity contribution in [1.29, 1.82) is 0 Å². The third kappa shape index (κ3) is 4.46. The Bertz CT molecular complexity index is 632. The van der Waals surface area contributed by atoms with Crippen molar-refractivity contribution in [3.63, 3.8) is 0 Å². The van der Waals surface area contributed by atoms with Crippen molar-refractivity contribution in [3.05, 3.63) is 58.9 Å². The zero-order valence-corrected chi connectivity index (χ0v) is 13.5. The summed E-state index contributed by atoms with van der Waals surface area (Å²) in [5, 5.41) is 0.551. The fraction of sp³-hybridized carbons (Fsp3) is 0.294. The first kappa shape index (κ1) is 16.3. The van der Waals surface area contributed by atoms with Crippen LogP contribution in [-0.2, 0) is 17.6 Å². The smallest absolute Gasteiger partial charge is 0.226 e. The highest BCUT2D eigenvalue weighted by atomic mass is 35.5. The molecule has 0 saturated heterocycles. The van der Waals surface area contributed by atoms with Crippen LogP contribution < -0.4 is 4.74 Å². The summed E-state index contributed by atoms with van der Waals surface area (Å²) in [6.07, 6.45) is 4.61. The zero-order chi connectivity index (χ0) is 15.9. The number of hydrogen-bond acceptors (Lipinski definition) is 3. The molecule has 4 nitrogen and oxygen atoms in total. The molecule has 5 heteroatoms. The van der Waals surface area contributed by atoms with Crippen LogP contribution in [0.2, 0.25) is 5.02 Å². The van der Waals surface area contributed by atoms with Crippen LogP contribution in [0.4, 0.5) is 0 Å². The lowest BCUT2D eigenvalue weighted by molar-refractivity contribution is -0.129. The summed E-state index contributed by atoms with van der Waals surface area (Å²) in [5.74, 6) is 0.730. The summed E-state index contributed by atoms with van der Waals surface area (Å²) in [5.41, 5.74) is 1.97. The summed E-state index contributed by atoms with van der Waals surface area (Å²) < 4.78 is 5.11. The number of carbonyl (C=O) groups excluding carboxylic acids is 1. The zero-order valence-electron chi connectivity index (χ0n) is 12.8. The largest absolute Gasteiger partial charge is 0.497 e. The van der Waals surface area contributed by atoms with Gasteiger partial charge in [0.25, 0.3) is 0 Å². The molecule has 2 rings (SSSR count). The highest BCUT2D eigenvalue weighted by molar-refractivity contribution is 6.31. The molecule has 1 aromatic carbocycles. The summed E-state index contributed by atoms with van der Waals surface area (Å²) in [6, 6.07) is 9.28. The number of hydrogen-bond donors (Lipinski definition) is 0. The van der Waals surface area contributed by atoms with Crippen LogP contribution in [0.5, 0.6) is 5.75 Å². The van der Waals surface area contributed by atoms with Gasteiger partial charge in [0.05, 0.1) is 13.5 Å². The Balaban J connectivity index is 1.91. The van der Waals surface area contributed by atoms with E-state index in [1.807, 2.05) is 24.3 Å². The minimum atomic E-state index is 0.0427. The molecule has 0 aliphatic heterocycles. The molecule has 0 fully saturated rings. The maximum absolute atomic E-state index is 12.3. The van der Waals surface area contributed by atoms with E-state index in [0.29, 0.717) is 17.3 Å². The van der Waals surface area contributed by atoms with Crippen LogP contribution in [0.25, 0.3) is 0 Å². The van der Waals surface area contributed by atoms with Gasteiger partial charge < -0.3 is 9.64 Å². The van der Waals surface area contributed by atoms with Crippen molar-refractivity contribution in [2.75, 3.05) is 20.7 Å². The van der Waals surface area contributed by atoms with Crippen LogP contribution in [0.3, 0.4) is 0 Å². The molecule has 0 saturated carbocycles. The number of aromatic nitrogens is 1. The first-order chi connectivity index (χ1) is 10.6. The van der Waals surface area contributed by atoms with Crippen molar-refractivity contribution in [2.45, 2.75) is 12.8 Å². The van der Waals surface area contributed by atoms with E-state index >= 15 is 0 Å². The van der Waals surface area contributed by atoms with Gasteiger partial charge in [-0.15, -0.1) is 0 Å². The number of nitrogens with zero attached hydrogens (tertiary/aromatic N) is 2. The fourth-order valence-corrected chi connectivity index (χ4v) is 2.30. The van der Waals surface area contributed by atoms with E-state index in [2.05, 4.69) is 4.98 Å². The van der Waals surface area contributed by atoms with Gasteiger partial charge in [0.1, 0.15) is 5.75 Å². The lowest BCUT2D eigenvalue weighted by Gasteiger charge is -2.17. The summed E-state index contributed by atoms with van der Waals surface area (Å²) >= 11 is 6.17. The van der Waals surface area contributed by atoms with E-state index in [4.69, 9.17) is 16.3 Å². The molecule has 0 radical (unpaired) electrons. The lowest BCUT2D eigenvalue weighted by atomic mass is 10.1. The normalized spacial score (nSPS) is 10.3. The number of methoxy groups -OCH3 is 1. The monoisotopic (exact) mass is 318 g/mol. The van der Waals surface area contributed by atoms with Gasteiger partial charge >= 0.3 is 0 Å². The van der Waals surface area contributed by atoms with E-state index < -0.39 is 0 Å². The SMILES string of the molecule is COc1ccc(CC(=O)N(C)CCc2ccncc2)c(Cl)c1. The Morgan fingerprint density at radius 2 is 2.00 bits per heavy atom. The molecule has 0 spiro atoms. The molecule has 0 aliphatic carbocycles. The molecule has 0 N–H and O–H groups in total. The molecule has 0 unspecified atom stereocenters. The average Bonchev–Trinajstić information content (AvgIpc) is 2.55. The quantitative estimate of drug-likeness (QED) is 0.822. The van der Waals surface area contributed by atoms with Gasteiger partial charge in [-0.05, 0) is 41.8 Å². The number of ether oxygens (including phenoxy) is 1. The Morgan fingerprint density at radius 1 is 1.27 bits per heavy atom. The van der Waals surface area contributed by atoms with Crippen molar-refractivity contribution in [2.24, 2.45) is 0 Å². The summed E-state index contributed by atoms with van der Waals surface area (Å²) in [7, 11) is 3.39. The molecule has 1 heterocycles. The Morgan fingerprint density at radius 3 is 2.64 bits per heavy atom. The highest BCUT2D eigenvalue weighted by Crippen LogP contribution is 2.23. The van der Waals surface area contributed by atoms with Gasteiger partial charge in [0.2, 0.25) is 5.91 Å². The second-order valence-corrected chi connectivity index (χ2v) is 5.46. The molecule has 116 valence electrons. The van der Waals surface area contributed by atoms with E-state index in [9.17, 15) is 4.79 Å². The first-order valence-corrected chi connectivity index (χ1v) is 7.43. The number of pyridine rings is 1. The van der Waals surface area contributed by atoms with Crippen molar-refractivity contribution in [3.8, 4) is 5.75 Å². The fourth-order valence-electron chi connectivity index (χ4n) is 2.07. The maximum Gasteiger partial charge on any atom is 0.226 e.